The van der Waals surface area contributed by atoms with Gasteiger partial charge in [-0.3, -0.25) is 14.9 Å². The van der Waals surface area contributed by atoms with Crippen LogP contribution in [0.5, 0.6) is 0 Å². The van der Waals surface area contributed by atoms with Gasteiger partial charge >= 0.3 is 0 Å². The summed E-state index contributed by atoms with van der Waals surface area (Å²) >= 11 is 0. The molecule has 0 saturated carbocycles. The SMILES string of the molecule is CCCn1c(-c2ccc([N+](=O)[O-])cc2)ccc(C(C)N)c1=O. The lowest BCUT2D eigenvalue weighted by Gasteiger charge is -2.15. The highest BCUT2D eigenvalue weighted by Crippen LogP contribution is 2.22. The first kappa shape index (κ1) is 15.9. The molecule has 116 valence electrons. The van der Waals surface area contributed by atoms with E-state index in [0.717, 1.165) is 17.7 Å². The first-order chi connectivity index (χ1) is 10.5. The van der Waals surface area contributed by atoms with Crippen LogP contribution in [0.2, 0.25) is 0 Å². The maximum atomic E-state index is 12.5. The molecule has 22 heavy (non-hydrogen) atoms. The molecule has 1 aromatic heterocycles. The summed E-state index contributed by atoms with van der Waals surface area (Å²) in [5, 5.41) is 10.7. The van der Waals surface area contributed by atoms with E-state index >= 15 is 0 Å². The van der Waals surface area contributed by atoms with E-state index in [1.807, 2.05) is 13.0 Å². The van der Waals surface area contributed by atoms with Crippen molar-refractivity contribution in [1.29, 1.82) is 0 Å². The standard InChI is InChI=1S/C16H19N3O3/c1-3-10-18-15(9-8-14(11(2)17)16(18)20)12-4-6-13(7-5-12)19(21)22/h4-9,11H,3,10,17H2,1-2H3. The highest BCUT2D eigenvalue weighted by molar-refractivity contribution is 5.61. The van der Waals surface area contributed by atoms with Gasteiger partial charge in [0.15, 0.2) is 0 Å². The Balaban J connectivity index is 2.57. The third-order valence-corrected chi connectivity index (χ3v) is 3.52. The Bertz CT molecular complexity index is 733. The summed E-state index contributed by atoms with van der Waals surface area (Å²) in [4.78, 5) is 22.8. The quantitative estimate of drug-likeness (QED) is 0.679. The van der Waals surface area contributed by atoms with Crippen molar-refractivity contribution in [1.82, 2.24) is 4.57 Å². The fraction of sp³-hybridized carbons (Fsp3) is 0.312. The van der Waals surface area contributed by atoms with Crippen molar-refractivity contribution in [3.63, 3.8) is 0 Å². The van der Waals surface area contributed by atoms with Gasteiger partial charge in [0.05, 0.1) is 10.6 Å². The minimum Gasteiger partial charge on any atom is -0.324 e. The molecule has 0 spiro atoms. The molecule has 1 unspecified atom stereocenters. The van der Waals surface area contributed by atoms with Crippen LogP contribution in [0.4, 0.5) is 5.69 Å². The van der Waals surface area contributed by atoms with Gasteiger partial charge in [-0.2, -0.15) is 0 Å². The van der Waals surface area contributed by atoms with Gasteiger partial charge in [-0.05, 0) is 43.2 Å². The molecule has 0 bridgehead atoms. The average Bonchev–Trinajstić information content (AvgIpc) is 2.49. The van der Waals surface area contributed by atoms with Crippen molar-refractivity contribution in [3.8, 4) is 11.3 Å². The summed E-state index contributed by atoms with van der Waals surface area (Å²) in [7, 11) is 0. The predicted octanol–water partition coefficient (Wildman–Crippen LogP) is 2.85. The number of hydrogen-bond acceptors (Lipinski definition) is 4. The van der Waals surface area contributed by atoms with Gasteiger partial charge in [0.2, 0.25) is 0 Å². The highest BCUT2D eigenvalue weighted by Gasteiger charge is 2.13. The molecule has 1 atom stereocenters. The Kier molecular flexibility index (Phi) is 4.72. The largest absolute Gasteiger partial charge is 0.324 e. The van der Waals surface area contributed by atoms with Crippen molar-refractivity contribution < 1.29 is 4.92 Å². The summed E-state index contributed by atoms with van der Waals surface area (Å²) in [6.45, 7) is 4.34. The lowest BCUT2D eigenvalue weighted by atomic mass is 10.1. The Morgan fingerprint density at radius 1 is 1.23 bits per heavy atom. The zero-order chi connectivity index (χ0) is 16.3. The number of rotatable bonds is 5. The number of nitrogens with zero attached hydrogens (tertiary/aromatic N) is 2. The summed E-state index contributed by atoms with van der Waals surface area (Å²) in [5.41, 5.74) is 7.84. The van der Waals surface area contributed by atoms with Crippen LogP contribution in [0.25, 0.3) is 11.3 Å². The van der Waals surface area contributed by atoms with Crippen molar-refractivity contribution in [3.05, 3.63) is 62.4 Å². The molecule has 0 amide bonds. The van der Waals surface area contributed by atoms with Gasteiger partial charge in [-0.15, -0.1) is 0 Å². The van der Waals surface area contributed by atoms with Gasteiger partial charge in [-0.25, -0.2) is 0 Å². The van der Waals surface area contributed by atoms with Crippen LogP contribution in [0.15, 0.2) is 41.2 Å². The average molecular weight is 301 g/mol. The lowest BCUT2D eigenvalue weighted by Crippen LogP contribution is -2.28. The monoisotopic (exact) mass is 301 g/mol. The molecule has 6 heteroatoms. The molecule has 0 aliphatic heterocycles. The van der Waals surface area contributed by atoms with Crippen molar-refractivity contribution in [2.75, 3.05) is 0 Å². The van der Waals surface area contributed by atoms with E-state index in [1.165, 1.54) is 12.1 Å². The summed E-state index contributed by atoms with van der Waals surface area (Å²) in [6.07, 6.45) is 0.808. The van der Waals surface area contributed by atoms with Crippen LogP contribution in [0, 0.1) is 10.1 Å². The van der Waals surface area contributed by atoms with Crippen LogP contribution >= 0.6 is 0 Å². The number of pyridine rings is 1. The second-order valence-electron chi connectivity index (χ2n) is 5.22. The van der Waals surface area contributed by atoms with Crippen LogP contribution in [0.3, 0.4) is 0 Å². The van der Waals surface area contributed by atoms with E-state index in [0.29, 0.717) is 12.1 Å². The fourth-order valence-electron chi connectivity index (χ4n) is 2.39. The Morgan fingerprint density at radius 3 is 2.36 bits per heavy atom. The second kappa shape index (κ2) is 6.53. The zero-order valence-electron chi connectivity index (χ0n) is 12.7. The number of nitro benzene ring substituents is 1. The smallest absolute Gasteiger partial charge is 0.269 e. The van der Waals surface area contributed by atoms with Crippen LogP contribution in [-0.2, 0) is 6.54 Å². The number of non-ortho nitro benzene ring substituents is 1. The van der Waals surface area contributed by atoms with Gasteiger partial charge in [0.25, 0.3) is 11.2 Å². The van der Waals surface area contributed by atoms with Gasteiger partial charge in [-0.1, -0.05) is 6.92 Å². The lowest BCUT2D eigenvalue weighted by molar-refractivity contribution is -0.384. The molecule has 0 radical (unpaired) electrons. The molecule has 0 aliphatic carbocycles. The summed E-state index contributed by atoms with van der Waals surface area (Å²) in [6, 6.07) is 9.44. The van der Waals surface area contributed by atoms with Crippen molar-refractivity contribution in [2.45, 2.75) is 32.9 Å². The molecule has 2 N–H and O–H groups in total. The van der Waals surface area contributed by atoms with Gasteiger partial charge < -0.3 is 10.3 Å². The number of hydrogen-bond donors (Lipinski definition) is 1. The highest BCUT2D eigenvalue weighted by atomic mass is 16.6. The van der Waals surface area contributed by atoms with E-state index in [-0.39, 0.29) is 17.3 Å². The van der Waals surface area contributed by atoms with Crippen LogP contribution in [0.1, 0.15) is 31.9 Å². The number of nitrogens with two attached hydrogens (primary N) is 1. The van der Waals surface area contributed by atoms with E-state index in [9.17, 15) is 14.9 Å². The Hall–Kier alpha value is -2.47. The third kappa shape index (κ3) is 3.07. The normalized spacial score (nSPS) is 12.1. The second-order valence-corrected chi connectivity index (χ2v) is 5.22. The van der Waals surface area contributed by atoms with E-state index in [2.05, 4.69) is 0 Å². The molecule has 0 fully saturated rings. The number of aromatic nitrogens is 1. The maximum absolute atomic E-state index is 12.5. The van der Waals surface area contributed by atoms with E-state index in [4.69, 9.17) is 5.73 Å². The van der Waals surface area contributed by atoms with E-state index in [1.54, 1.807) is 29.7 Å². The first-order valence-electron chi connectivity index (χ1n) is 7.19. The summed E-state index contributed by atoms with van der Waals surface area (Å²) < 4.78 is 1.68. The van der Waals surface area contributed by atoms with Gasteiger partial charge in [0, 0.05) is 30.3 Å². The van der Waals surface area contributed by atoms with Crippen LogP contribution < -0.4 is 11.3 Å². The molecule has 1 aromatic carbocycles. The first-order valence-corrected chi connectivity index (χ1v) is 7.19. The molecule has 6 nitrogen and oxygen atoms in total. The number of nitro groups is 1. The molecule has 0 aliphatic rings. The number of benzene rings is 1. The molecule has 1 heterocycles. The molecule has 2 aromatic rings. The Morgan fingerprint density at radius 2 is 1.86 bits per heavy atom. The predicted molar refractivity (Wildman–Crippen MR) is 85.7 cm³/mol. The fourth-order valence-corrected chi connectivity index (χ4v) is 2.39. The van der Waals surface area contributed by atoms with Crippen LogP contribution in [-0.4, -0.2) is 9.49 Å². The summed E-state index contributed by atoms with van der Waals surface area (Å²) in [5.74, 6) is 0. The molecular formula is C16H19N3O3. The zero-order valence-corrected chi connectivity index (χ0v) is 12.7. The molecule has 0 saturated heterocycles. The molecular weight excluding hydrogens is 282 g/mol. The minimum absolute atomic E-state index is 0.0281. The van der Waals surface area contributed by atoms with Gasteiger partial charge in [0.1, 0.15) is 0 Å². The van der Waals surface area contributed by atoms with Crippen molar-refractivity contribution >= 4 is 5.69 Å². The maximum Gasteiger partial charge on any atom is 0.269 e. The van der Waals surface area contributed by atoms with Crippen molar-refractivity contribution in [2.24, 2.45) is 5.73 Å². The molecule has 2 rings (SSSR count). The third-order valence-electron chi connectivity index (χ3n) is 3.52. The Labute approximate surface area is 128 Å². The van der Waals surface area contributed by atoms with E-state index < -0.39 is 4.92 Å². The topological polar surface area (TPSA) is 91.2 Å². The minimum atomic E-state index is -0.442.